The number of carbonyl (C=O) groups excluding carboxylic acids is 1. The summed E-state index contributed by atoms with van der Waals surface area (Å²) in [6.45, 7) is 11.4. The van der Waals surface area contributed by atoms with E-state index in [0.29, 0.717) is 17.2 Å². The summed E-state index contributed by atoms with van der Waals surface area (Å²) in [6.07, 6.45) is 10.6. The molecule has 3 aliphatic heterocycles. The van der Waals surface area contributed by atoms with Crippen molar-refractivity contribution in [3.63, 3.8) is 0 Å². The van der Waals surface area contributed by atoms with Gasteiger partial charge in [0.2, 0.25) is 0 Å². The van der Waals surface area contributed by atoms with Gasteiger partial charge in [-0.15, -0.1) is 0 Å². The van der Waals surface area contributed by atoms with Crippen LogP contribution in [0.25, 0.3) is 0 Å². The number of likely N-dealkylation sites (tertiary alicyclic amines) is 1. The lowest BCUT2D eigenvalue weighted by atomic mass is 9.89. The van der Waals surface area contributed by atoms with E-state index in [-0.39, 0.29) is 11.6 Å². The molecule has 1 N–H and O–H groups in total. The van der Waals surface area contributed by atoms with Crippen LogP contribution in [0.2, 0.25) is 0 Å². The highest BCUT2D eigenvalue weighted by atomic mass is 16.2. The monoisotopic (exact) mass is 331 g/mol. The quantitative estimate of drug-likeness (QED) is 0.805. The summed E-state index contributed by atoms with van der Waals surface area (Å²) in [7, 11) is 0. The predicted octanol–water partition coefficient (Wildman–Crippen LogP) is 2.76. The zero-order valence-corrected chi connectivity index (χ0v) is 15.5. The lowest BCUT2D eigenvalue weighted by molar-refractivity contribution is -0.899. The fraction of sp³-hybridized carbons (Fsp3) is 0.684. The second-order valence-corrected chi connectivity index (χ2v) is 7.96. The van der Waals surface area contributed by atoms with Gasteiger partial charge in [0.25, 0.3) is 5.91 Å². The molecule has 0 spiro atoms. The van der Waals surface area contributed by atoms with Crippen LogP contribution in [0.5, 0.6) is 0 Å². The maximum Gasteiger partial charge on any atom is 0.254 e. The first-order valence-electron chi connectivity index (χ1n) is 9.23. The van der Waals surface area contributed by atoms with Crippen LogP contribution in [0.1, 0.15) is 53.4 Å². The number of hydrogen-bond acceptors (Lipinski definition) is 3. The number of amides is 1. The Kier molecular flexibility index (Phi) is 4.67. The number of quaternary nitrogens is 1. The highest BCUT2D eigenvalue weighted by Crippen LogP contribution is 2.32. The van der Waals surface area contributed by atoms with E-state index >= 15 is 0 Å². The van der Waals surface area contributed by atoms with Gasteiger partial charge in [-0.3, -0.25) is 9.69 Å². The van der Waals surface area contributed by atoms with E-state index in [2.05, 4.69) is 49.2 Å². The highest BCUT2D eigenvalue weighted by Gasteiger charge is 2.42. The fourth-order valence-electron chi connectivity index (χ4n) is 4.19. The molecule has 1 amide bonds. The summed E-state index contributed by atoms with van der Waals surface area (Å²) >= 11 is 0. The molecule has 24 heavy (non-hydrogen) atoms. The van der Waals surface area contributed by atoms with Gasteiger partial charge in [-0.25, -0.2) is 0 Å². The van der Waals surface area contributed by atoms with E-state index in [1.54, 1.807) is 0 Å². The lowest BCUT2D eigenvalue weighted by Gasteiger charge is -2.47. The van der Waals surface area contributed by atoms with Crippen molar-refractivity contribution in [1.29, 1.82) is 0 Å². The molecule has 0 aromatic carbocycles. The van der Waals surface area contributed by atoms with Crippen LogP contribution in [0.3, 0.4) is 0 Å². The number of nitrogens with zero attached hydrogens (tertiary/aromatic N) is 3. The molecule has 2 unspecified atom stereocenters. The Hall–Kier alpha value is -1.46. The van der Waals surface area contributed by atoms with Crippen LogP contribution in [-0.2, 0) is 4.79 Å². The minimum atomic E-state index is -0.238. The summed E-state index contributed by atoms with van der Waals surface area (Å²) in [5, 5.41) is 7.95. The number of rotatable bonds is 4. The van der Waals surface area contributed by atoms with E-state index < -0.39 is 0 Å². The molecular formula is C19H31N4O+. The smallest absolute Gasteiger partial charge is 0.254 e. The first-order chi connectivity index (χ1) is 11.4. The zero-order valence-electron chi connectivity index (χ0n) is 15.5. The van der Waals surface area contributed by atoms with Crippen molar-refractivity contribution in [1.82, 2.24) is 10.2 Å². The molecule has 5 nitrogen and oxygen atoms in total. The molecule has 3 aliphatic rings. The molecule has 132 valence electrons. The van der Waals surface area contributed by atoms with Gasteiger partial charge >= 0.3 is 0 Å². The fourth-order valence-corrected chi connectivity index (χ4v) is 4.19. The second-order valence-electron chi connectivity index (χ2n) is 7.96. The Balaban J connectivity index is 1.82. The van der Waals surface area contributed by atoms with Crippen LogP contribution in [-0.4, -0.2) is 53.0 Å². The lowest BCUT2D eigenvalue weighted by Crippen LogP contribution is -2.63. The van der Waals surface area contributed by atoms with Crippen molar-refractivity contribution in [2.24, 2.45) is 5.10 Å². The molecule has 0 bridgehead atoms. The molecule has 1 saturated heterocycles. The topological polar surface area (TPSA) is 44.7 Å². The first kappa shape index (κ1) is 17.4. The van der Waals surface area contributed by atoms with Crippen molar-refractivity contribution in [2.45, 2.75) is 65.1 Å². The van der Waals surface area contributed by atoms with Crippen molar-refractivity contribution < 1.29 is 9.39 Å². The van der Waals surface area contributed by atoms with Gasteiger partial charge in [-0.1, -0.05) is 17.1 Å². The summed E-state index contributed by atoms with van der Waals surface area (Å²) in [5.41, 5.74) is 1.88. The van der Waals surface area contributed by atoms with E-state index in [1.807, 2.05) is 12.3 Å². The van der Waals surface area contributed by atoms with Crippen LogP contribution in [0, 0.1) is 0 Å². The van der Waals surface area contributed by atoms with E-state index in [0.717, 1.165) is 25.1 Å². The van der Waals surface area contributed by atoms with Gasteiger partial charge in [-0.2, -0.15) is 4.59 Å². The SMILES string of the molecule is CC1=C(C[N+]2(C(C)C)C=CC=N2)C(=O)NC(C)(N2CCCCC2)C1. The average molecular weight is 331 g/mol. The third-order valence-corrected chi connectivity index (χ3v) is 5.85. The van der Waals surface area contributed by atoms with Gasteiger partial charge in [-0.05, 0) is 40.5 Å². The van der Waals surface area contributed by atoms with E-state index in [1.165, 1.54) is 24.8 Å². The molecular weight excluding hydrogens is 300 g/mol. The van der Waals surface area contributed by atoms with Crippen LogP contribution in [0.4, 0.5) is 0 Å². The Bertz CT molecular complexity index is 586. The normalized spacial score (nSPS) is 34.3. The maximum atomic E-state index is 12.9. The first-order valence-corrected chi connectivity index (χ1v) is 9.23. The minimum Gasteiger partial charge on any atom is -0.334 e. The largest absolute Gasteiger partial charge is 0.334 e. The number of nitrogens with one attached hydrogen (secondary N) is 1. The minimum absolute atomic E-state index is 0.0838. The van der Waals surface area contributed by atoms with Crippen LogP contribution in [0.15, 0.2) is 28.5 Å². The van der Waals surface area contributed by atoms with Crippen molar-refractivity contribution >= 4 is 12.1 Å². The Morgan fingerprint density at radius 1 is 1.33 bits per heavy atom. The van der Waals surface area contributed by atoms with E-state index in [9.17, 15) is 4.79 Å². The number of allylic oxidation sites excluding steroid dienone is 1. The predicted molar refractivity (Wildman–Crippen MR) is 97.2 cm³/mol. The summed E-state index contributed by atoms with van der Waals surface area (Å²) in [4.78, 5) is 15.4. The molecule has 3 heterocycles. The molecule has 0 aliphatic carbocycles. The van der Waals surface area contributed by atoms with Gasteiger partial charge in [0.05, 0.1) is 17.5 Å². The molecule has 0 aromatic heterocycles. The average Bonchev–Trinajstić information content (AvgIpc) is 3.02. The van der Waals surface area contributed by atoms with Gasteiger partial charge in [0.15, 0.2) is 0 Å². The summed E-state index contributed by atoms with van der Waals surface area (Å²) in [6, 6.07) is 0.309. The molecule has 0 aromatic rings. The third-order valence-electron chi connectivity index (χ3n) is 5.85. The van der Waals surface area contributed by atoms with Crippen LogP contribution < -0.4 is 5.32 Å². The summed E-state index contributed by atoms with van der Waals surface area (Å²) in [5.74, 6) is 0.0838. The molecule has 3 rings (SSSR count). The third kappa shape index (κ3) is 3.07. The Labute approximate surface area is 145 Å². The van der Waals surface area contributed by atoms with Gasteiger partial charge < -0.3 is 5.32 Å². The molecule has 0 saturated carbocycles. The van der Waals surface area contributed by atoms with Crippen molar-refractivity contribution in [3.8, 4) is 0 Å². The molecule has 2 atom stereocenters. The van der Waals surface area contributed by atoms with Crippen LogP contribution >= 0.6 is 0 Å². The zero-order chi connectivity index (χ0) is 17.4. The number of piperidine rings is 1. The van der Waals surface area contributed by atoms with Crippen molar-refractivity contribution in [3.05, 3.63) is 23.4 Å². The summed E-state index contributed by atoms with van der Waals surface area (Å²) < 4.78 is 0.487. The highest BCUT2D eigenvalue weighted by molar-refractivity contribution is 5.96. The van der Waals surface area contributed by atoms with E-state index in [4.69, 9.17) is 0 Å². The molecule has 1 fully saturated rings. The molecule has 5 heteroatoms. The standard InChI is InChI=1S/C19H30N4O/c1-15(2)23(12-8-9-20-23)14-17-16(3)13-19(4,21-18(17)24)22-10-6-5-7-11-22/h8-9,12,15H,5-7,10-11,13-14H2,1-4H3/p+1. The molecule has 0 radical (unpaired) electrons. The van der Waals surface area contributed by atoms with Gasteiger partial charge in [0, 0.05) is 25.6 Å². The number of hydrogen-bond donors (Lipinski definition) is 1. The Morgan fingerprint density at radius 2 is 2.04 bits per heavy atom. The number of carbonyl (C=O) groups is 1. The maximum absolute atomic E-state index is 12.9. The second kappa shape index (κ2) is 6.45. The van der Waals surface area contributed by atoms with Crippen molar-refractivity contribution in [2.75, 3.05) is 19.6 Å². The van der Waals surface area contributed by atoms with Gasteiger partial charge in [0.1, 0.15) is 18.8 Å². The Morgan fingerprint density at radius 3 is 2.58 bits per heavy atom.